The number of benzene rings is 9. The zero-order chi connectivity index (χ0) is 37.1. The molecule has 0 fully saturated rings. The van der Waals surface area contributed by atoms with E-state index in [2.05, 4.69) is 152 Å². The number of hydrogen-bond acceptors (Lipinski definition) is 3. The van der Waals surface area contributed by atoms with Gasteiger partial charge in [-0.3, -0.25) is 4.57 Å². The van der Waals surface area contributed by atoms with Gasteiger partial charge in [-0.1, -0.05) is 178 Å². The molecule has 0 radical (unpaired) electrons. The Hall–Kier alpha value is -7.17. The molecular weight excluding hydrogens is 681 g/mol. The van der Waals surface area contributed by atoms with Gasteiger partial charge in [0.05, 0.1) is 11.0 Å². The fraction of sp³-hybridized carbons (Fsp3) is 0.0577. The highest BCUT2D eigenvalue weighted by Gasteiger charge is 2.42. The van der Waals surface area contributed by atoms with E-state index in [1.54, 1.807) is 0 Å². The maximum Gasteiger partial charge on any atom is 0.238 e. The second kappa shape index (κ2) is 11.4. The Morgan fingerprint density at radius 1 is 0.393 bits per heavy atom. The van der Waals surface area contributed by atoms with Crippen LogP contribution < -0.4 is 0 Å². The average molecular weight is 715 g/mol. The van der Waals surface area contributed by atoms with E-state index in [0.717, 1.165) is 22.2 Å². The molecule has 0 unspecified atom stereocenters. The summed E-state index contributed by atoms with van der Waals surface area (Å²) < 4.78 is 2.32. The predicted octanol–water partition coefficient (Wildman–Crippen LogP) is 13.2. The first-order chi connectivity index (χ1) is 27.6. The second-order valence-electron chi connectivity index (χ2n) is 15.5. The van der Waals surface area contributed by atoms with Crippen molar-refractivity contribution in [2.75, 3.05) is 0 Å². The molecule has 4 heteroatoms. The molecule has 56 heavy (non-hydrogen) atoms. The summed E-state index contributed by atoms with van der Waals surface area (Å²) in [5.74, 6) is 1.90. The van der Waals surface area contributed by atoms with Crippen molar-refractivity contribution in [2.45, 2.75) is 19.3 Å². The Bertz CT molecular complexity index is 3380. The topological polar surface area (TPSA) is 43.6 Å². The Balaban J connectivity index is 1.26. The number of nitrogens with zero attached hydrogens (tertiary/aromatic N) is 4. The standard InChI is InChI=1S/C52H34N4/c1-52(2)46-41(44-39-27-14-13-26-38(39)43-36-24-11-9-21-33(36)34-22-10-12-25-37(34)45(43)47(44)52)30-29-40-35-23-15-16-28-42(35)56(48(40)46)51-54-49(31-17-5-3-6-18-31)53-50(55-51)32-19-7-4-8-20-32/h3-30H,1-2H3. The first kappa shape index (κ1) is 31.2. The first-order valence-electron chi connectivity index (χ1n) is 19.3. The Morgan fingerprint density at radius 2 is 0.875 bits per heavy atom. The highest BCUT2D eigenvalue weighted by molar-refractivity contribution is 6.35. The fourth-order valence-corrected chi connectivity index (χ4v) is 9.89. The maximum absolute atomic E-state index is 5.31. The highest BCUT2D eigenvalue weighted by Crippen LogP contribution is 2.59. The van der Waals surface area contributed by atoms with Crippen molar-refractivity contribution >= 4 is 64.9 Å². The zero-order valence-electron chi connectivity index (χ0n) is 31.0. The third-order valence-corrected chi connectivity index (χ3v) is 12.1. The van der Waals surface area contributed by atoms with E-state index in [1.165, 1.54) is 76.1 Å². The van der Waals surface area contributed by atoms with E-state index in [1.807, 2.05) is 36.4 Å². The van der Waals surface area contributed by atoms with E-state index < -0.39 is 5.41 Å². The van der Waals surface area contributed by atoms with Gasteiger partial charge in [-0.2, -0.15) is 9.97 Å². The fourth-order valence-electron chi connectivity index (χ4n) is 9.89. The molecule has 0 amide bonds. The number of para-hydroxylation sites is 1. The molecule has 11 aromatic rings. The van der Waals surface area contributed by atoms with Crippen LogP contribution in [0.25, 0.3) is 105 Å². The van der Waals surface area contributed by atoms with E-state index >= 15 is 0 Å². The summed E-state index contributed by atoms with van der Waals surface area (Å²) in [5.41, 5.74) is 8.94. The van der Waals surface area contributed by atoms with Crippen LogP contribution in [0.4, 0.5) is 0 Å². The molecule has 1 aliphatic carbocycles. The molecule has 2 aromatic heterocycles. The second-order valence-corrected chi connectivity index (χ2v) is 15.5. The molecule has 4 nitrogen and oxygen atoms in total. The van der Waals surface area contributed by atoms with Crippen molar-refractivity contribution in [1.29, 1.82) is 0 Å². The molecule has 0 saturated carbocycles. The van der Waals surface area contributed by atoms with Crippen LogP contribution in [0.3, 0.4) is 0 Å². The summed E-state index contributed by atoms with van der Waals surface area (Å²) in [5, 5.41) is 12.7. The van der Waals surface area contributed by atoms with Crippen molar-refractivity contribution in [3.05, 3.63) is 181 Å². The van der Waals surface area contributed by atoms with Gasteiger partial charge in [0.1, 0.15) is 0 Å². The summed E-state index contributed by atoms with van der Waals surface area (Å²) in [6.45, 7) is 4.85. The van der Waals surface area contributed by atoms with Crippen LogP contribution in [0.2, 0.25) is 0 Å². The Kier molecular flexibility index (Phi) is 6.37. The number of fused-ring (bicyclic) bond motifs is 17. The van der Waals surface area contributed by atoms with Crippen molar-refractivity contribution < 1.29 is 0 Å². The molecule has 0 saturated heterocycles. The SMILES string of the molecule is CC1(C)c2c(c3ccccc3c3c4ccccc4c4ccccc4c23)-c2ccc3c4ccccc4n(-c4nc(-c5ccccc5)nc(-c5ccccc5)n4)c3c21. The van der Waals surface area contributed by atoms with Gasteiger partial charge in [-0.05, 0) is 71.4 Å². The smallest absolute Gasteiger partial charge is 0.238 e. The Morgan fingerprint density at radius 3 is 1.48 bits per heavy atom. The molecule has 0 atom stereocenters. The van der Waals surface area contributed by atoms with E-state index in [4.69, 9.17) is 15.0 Å². The minimum atomic E-state index is -0.401. The van der Waals surface area contributed by atoms with Crippen molar-refractivity contribution in [3.63, 3.8) is 0 Å². The van der Waals surface area contributed by atoms with Gasteiger partial charge in [-0.15, -0.1) is 0 Å². The normalized spacial score (nSPS) is 13.3. The van der Waals surface area contributed by atoms with Gasteiger partial charge < -0.3 is 0 Å². The molecule has 1 aliphatic rings. The summed E-state index contributed by atoms with van der Waals surface area (Å²) in [6, 6.07) is 60.8. The van der Waals surface area contributed by atoms with Gasteiger partial charge in [-0.25, -0.2) is 4.98 Å². The van der Waals surface area contributed by atoms with Crippen LogP contribution in [-0.2, 0) is 5.41 Å². The summed E-state index contributed by atoms with van der Waals surface area (Å²) >= 11 is 0. The van der Waals surface area contributed by atoms with Crippen LogP contribution in [0, 0.1) is 0 Å². The quantitative estimate of drug-likeness (QED) is 0.171. The molecule has 0 bridgehead atoms. The summed E-state index contributed by atoms with van der Waals surface area (Å²) in [7, 11) is 0. The highest BCUT2D eigenvalue weighted by atomic mass is 15.2. The number of aromatic nitrogens is 4. The van der Waals surface area contributed by atoms with Gasteiger partial charge in [0.15, 0.2) is 11.6 Å². The minimum Gasteiger partial charge on any atom is -0.277 e. The Labute approximate surface area is 323 Å². The first-order valence-corrected chi connectivity index (χ1v) is 19.3. The van der Waals surface area contributed by atoms with E-state index in [0.29, 0.717) is 17.6 Å². The number of rotatable bonds is 3. The van der Waals surface area contributed by atoms with Crippen molar-refractivity contribution in [2.24, 2.45) is 0 Å². The third-order valence-electron chi connectivity index (χ3n) is 12.1. The molecule has 262 valence electrons. The predicted molar refractivity (Wildman–Crippen MR) is 233 cm³/mol. The lowest BCUT2D eigenvalue weighted by molar-refractivity contribution is 0.670. The largest absolute Gasteiger partial charge is 0.277 e. The van der Waals surface area contributed by atoms with Crippen molar-refractivity contribution in [1.82, 2.24) is 19.5 Å². The molecule has 2 heterocycles. The van der Waals surface area contributed by atoms with E-state index in [9.17, 15) is 0 Å². The molecule has 9 aromatic carbocycles. The van der Waals surface area contributed by atoms with Crippen LogP contribution in [0.5, 0.6) is 0 Å². The average Bonchev–Trinajstić information content (AvgIpc) is 3.72. The maximum atomic E-state index is 5.31. The zero-order valence-corrected chi connectivity index (χ0v) is 31.0. The minimum absolute atomic E-state index is 0.401. The lowest BCUT2D eigenvalue weighted by atomic mass is 9.76. The monoisotopic (exact) mass is 714 g/mol. The summed E-state index contributed by atoms with van der Waals surface area (Å²) in [4.78, 5) is 15.7. The van der Waals surface area contributed by atoms with Crippen LogP contribution in [0.15, 0.2) is 170 Å². The van der Waals surface area contributed by atoms with Gasteiger partial charge in [0.25, 0.3) is 0 Å². The molecular formula is C52H34N4. The third kappa shape index (κ3) is 4.16. The molecule has 0 spiro atoms. The van der Waals surface area contributed by atoms with Crippen molar-refractivity contribution in [3.8, 4) is 39.9 Å². The lowest BCUT2D eigenvalue weighted by Gasteiger charge is -2.26. The number of hydrogen-bond donors (Lipinski definition) is 0. The van der Waals surface area contributed by atoms with Gasteiger partial charge in [0, 0.05) is 27.3 Å². The molecule has 12 rings (SSSR count). The molecule has 0 aliphatic heterocycles. The lowest BCUT2D eigenvalue weighted by Crippen LogP contribution is -2.18. The summed E-state index contributed by atoms with van der Waals surface area (Å²) in [6.07, 6.45) is 0. The van der Waals surface area contributed by atoms with Gasteiger partial charge in [0.2, 0.25) is 5.95 Å². The van der Waals surface area contributed by atoms with E-state index in [-0.39, 0.29) is 0 Å². The van der Waals surface area contributed by atoms with Crippen LogP contribution in [0.1, 0.15) is 25.0 Å². The van der Waals surface area contributed by atoms with Gasteiger partial charge >= 0.3 is 0 Å². The van der Waals surface area contributed by atoms with Crippen LogP contribution in [-0.4, -0.2) is 19.5 Å². The van der Waals surface area contributed by atoms with Crippen LogP contribution >= 0.6 is 0 Å². The molecule has 0 N–H and O–H groups in total.